The Balaban J connectivity index is 1.34. The van der Waals surface area contributed by atoms with E-state index in [9.17, 15) is 19.2 Å². The summed E-state index contributed by atoms with van der Waals surface area (Å²) in [6.45, 7) is 3.39. The van der Waals surface area contributed by atoms with E-state index >= 15 is 0 Å². The maximum atomic E-state index is 14.9. The van der Waals surface area contributed by atoms with Crippen LogP contribution in [0, 0.1) is 29.0 Å². The van der Waals surface area contributed by atoms with Gasteiger partial charge < -0.3 is 9.30 Å². The molecule has 198 valence electrons. The standard InChI is InChI=1S/C32H35FN2O3/c1-31(2,20-34)26-10-8-21(18-27(26)33)12-14-32(24-6-4-5-7-24)19-29(36)25(30(37)38-32)17-22-9-11-28-23(16-22)13-15-35(28)3/h8-11,13,15-16,18,24-25H,4-7,12,14,17,19H2,1-3H3. The zero-order chi connectivity index (χ0) is 27.1. The van der Waals surface area contributed by atoms with Crippen LogP contribution in [0.5, 0.6) is 0 Å². The van der Waals surface area contributed by atoms with E-state index in [1.165, 1.54) is 6.07 Å². The molecule has 2 fully saturated rings. The lowest BCUT2D eigenvalue weighted by atomic mass is 9.73. The van der Waals surface area contributed by atoms with E-state index in [1.54, 1.807) is 19.9 Å². The maximum absolute atomic E-state index is 14.9. The molecule has 0 bridgehead atoms. The van der Waals surface area contributed by atoms with Gasteiger partial charge in [-0.3, -0.25) is 9.59 Å². The van der Waals surface area contributed by atoms with Crippen molar-refractivity contribution < 1.29 is 18.7 Å². The molecule has 2 unspecified atom stereocenters. The monoisotopic (exact) mass is 514 g/mol. The molecule has 1 aliphatic heterocycles. The molecular formula is C32H35FN2O3. The minimum absolute atomic E-state index is 0.0568. The molecule has 0 radical (unpaired) electrons. The molecule has 2 heterocycles. The average molecular weight is 515 g/mol. The van der Waals surface area contributed by atoms with Crippen molar-refractivity contribution in [1.29, 1.82) is 5.26 Å². The van der Waals surface area contributed by atoms with E-state index in [0.29, 0.717) is 24.8 Å². The fourth-order valence-electron chi connectivity index (χ4n) is 6.41. The molecule has 38 heavy (non-hydrogen) atoms. The smallest absolute Gasteiger partial charge is 0.317 e. The predicted octanol–water partition coefficient (Wildman–Crippen LogP) is 6.36. The Labute approximate surface area is 223 Å². The topological polar surface area (TPSA) is 72.1 Å². The number of hydrogen-bond acceptors (Lipinski definition) is 4. The Bertz CT molecular complexity index is 1410. The van der Waals surface area contributed by atoms with Crippen LogP contribution in [-0.2, 0) is 39.6 Å². The van der Waals surface area contributed by atoms with Gasteiger partial charge in [0.15, 0.2) is 5.78 Å². The average Bonchev–Trinajstić information content (AvgIpc) is 3.56. The van der Waals surface area contributed by atoms with Gasteiger partial charge >= 0.3 is 5.97 Å². The first-order valence-corrected chi connectivity index (χ1v) is 13.6. The number of rotatable bonds is 7. The van der Waals surface area contributed by atoms with E-state index in [1.807, 2.05) is 48.1 Å². The van der Waals surface area contributed by atoms with Crippen LogP contribution in [0.1, 0.15) is 69.1 Å². The number of ketones is 1. The second kappa shape index (κ2) is 10.0. The van der Waals surface area contributed by atoms with Gasteiger partial charge in [0, 0.05) is 30.7 Å². The molecule has 3 aromatic rings. The SMILES string of the molecule is Cn1ccc2cc(CC3C(=O)CC(CCc4ccc(C(C)(C)C#N)c(F)c4)(C4CCCC4)OC3=O)ccc21. The molecule has 2 aromatic carbocycles. The first kappa shape index (κ1) is 26.2. The fourth-order valence-corrected chi connectivity index (χ4v) is 6.41. The van der Waals surface area contributed by atoms with Crippen LogP contribution >= 0.6 is 0 Å². The van der Waals surface area contributed by atoms with Crippen LogP contribution in [0.15, 0.2) is 48.7 Å². The highest BCUT2D eigenvalue weighted by atomic mass is 19.1. The molecular weight excluding hydrogens is 479 g/mol. The van der Waals surface area contributed by atoms with Gasteiger partial charge in [0.1, 0.15) is 17.3 Å². The highest BCUT2D eigenvalue weighted by molar-refractivity contribution is 6.02. The van der Waals surface area contributed by atoms with Crippen molar-refractivity contribution in [2.75, 3.05) is 0 Å². The van der Waals surface area contributed by atoms with Crippen LogP contribution in [0.25, 0.3) is 10.9 Å². The number of carbonyl (C=O) groups excluding carboxylic acids is 2. The zero-order valence-electron chi connectivity index (χ0n) is 22.4. The zero-order valence-corrected chi connectivity index (χ0v) is 22.4. The largest absolute Gasteiger partial charge is 0.458 e. The van der Waals surface area contributed by atoms with Gasteiger partial charge in [-0.1, -0.05) is 31.0 Å². The number of hydrogen-bond donors (Lipinski definition) is 0. The van der Waals surface area contributed by atoms with Gasteiger partial charge in [-0.2, -0.15) is 5.26 Å². The number of Topliss-reactive ketones (excluding diaryl/α,β-unsaturated/α-hetero) is 1. The third-order valence-electron chi connectivity index (χ3n) is 8.76. The number of cyclic esters (lactones) is 1. The fraction of sp³-hybridized carbons (Fsp3) is 0.469. The second-order valence-corrected chi connectivity index (χ2v) is 11.7. The lowest BCUT2D eigenvalue weighted by Crippen LogP contribution is -2.52. The lowest BCUT2D eigenvalue weighted by molar-refractivity contribution is -0.185. The summed E-state index contributed by atoms with van der Waals surface area (Å²) >= 11 is 0. The molecule has 0 N–H and O–H groups in total. The molecule has 1 aromatic heterocycles. The molecule has 1 aliphatic carbocycles. The van der Waals surface area contributed by atoms with Crippen molar-refractivity contribution >= 4 is 22.7 Å². The van der Waals surface area contributed by atoms with Gasteiger partial charge in [-0.25, -0.2) is 4.39 Å². The molecule has 1 saturated carbocycles. The van der Waals surface area contributed by atoms with Crippen LogP contribution in [0.2, 0.25) is 0 Å². The molecule has 6 heteroatoms. The molecule has 5 rings (SSSR count). The summed E-state index contributed by atoms with van der Waals surface area (Å²) in [5.74, 6) is -1.55. The number of ether oxygens (including phenoxy) is 1. The first-order valence-electron chi connectivity index (χ1n) is 13.6. The first-order chi connectivity index (χ1) is 18.1. The summed E-state index contributed by atoms with van der Waals surface area (Å²) in [6, 6.07) is 15.2. The number of fused-ring (bicyclic) bond motifs is 1. The van der Waals surface area contributed by atoms with Gasteiger partial charge in [0.25, 0.3) is 0 Å². The van der Waals surface area contributed by atoms with Crippen molar-refractivity contribution in [1.82, 2.24) is 4.57 Å². The summed E-state index contributed by atoms with van der Waals surface area (Å²) in [5.41, 5.74) is 1.43. The summed E-state index contributed by atoms with van der Waals surface area (Å²) in [7, 11) is 1.99. The van der Waals surface area contributed by atoms with Crippen molar-refractivity contribution in [2.45, 2.75) is 76.2 Å². The van der Waals surface area contributed by atoms with Crippen LogP contribution in [0.3, 0.4) is 0 Å². The molecule has 2 aliphatic rings. The van der Waals surface area contributed by atoms with Crippen molar-refractivity contribution in [3.63, 3.8) is 0 Å². The summed E-state index contributed by atoms with van der Waals surface area (Å²) in [6.07, 6.45) is 7.51. The molecule has 5 nitrogen and oxygen atoms in total. The Morgan fingerprint density at radius 2 is 1.84 bits per heavy atom. The van der Waals surface area contributed by atoms with E-state index < -0.39 is 28.7 Å². The minimum Gasteiger partial charge on any atom is -0.458 e. The number of aromatic nitrogens is 1. The van der Waals surface area contributed by atoms with Gasteiger partial charge in [-0.15, -0.1) is 0 Å². The minimum atomic E-state index is -0.918. The normalized spacial score (nSPS) is 22.6. The third kappa shape index (κ3) is 4.87. The van der Waals surface area contributed by atoms with Gasteiger partial charge in [0.2, 0.25) is 0 Å². The van der Waals surface area contributed by atoms with Crippen LogP contribution in [-0.4, -0.2) is 21.9 Å². The number of halogens is 1. The highest BCUT2D eigenvalue weighted by Crippen LogP contribution is 2.45. The molecule has 0 spiro atoms. The van der Waals surface area contributed by atoms with E-state index in [-0.39, 0.29) is 18.1 Å². The van der Waals surface area contributed by atoms with Crippen molar-refractivity contribution in [3.8, 4) is 6.07 Å². The molecule has 1 saturated heterocycles. The van der Waals surface area contributed by atoms with Crippen molar-refractivity contribution in [3.05, 3.63) is 71.2 Å². The van der Waals surface area contributed by atoms with E-state index in [2.05, 4.69) is 6.07 Å². The Kier molecular flexibility index (Phi) is 6.90. The number of nitriles is 1. The second-order valence-electron chi connectivity index (χ2n) is 11.7. The maximum Gasteiger partial charge on any atom is 0.317 e. The number of esters is 1. The molecule has 0 amide bonds. The summed E-state index contributed by atoms with van der Waals surface area (Å²) in [4.78, 5) is 26.9. The molecule has 2 atom stereocenters. The van der Waals surface area contributed by atoms with Gasteiger partial charge in [-0.05, 0) is 92.6 Å². The summed E-state index contributed by atoms with van der Waals surface area (Å²) in [5, 5.41) is 10.5. The van der Waals surface area contributed by atoms with Gasteiger partial charge in [0.05, 0.1) is 11.5 Å². The lowest BCUT2D eigenvalue weighted by Gasteiger charge is -2.43. The van der Waals surface area contributed by atoms with E-state index in [0.717, 1.165) is 47.7 Å². The Hall–Kier alpha value is -3.46. The quantitative estimate of drug-likeness (QED) is 0.272. The predicted molar refractivity (Wildman–Crippen MR) is 144 cm³/mol. The number of nitrogens with zero attached hydrogens (tertiary/aromatic N) is 2. The van der Waals surface area contributed by atoms with Crippen molar-refractivity contribution in [2.24, 2.45) is 18.9 Å². The number of carbonyl (C=O) groups is 2. The van der Waals surface area contributed by atoms with Crippen LogP contribution < -0.4 is 0 Å². The highest BCUT2D eigenvalue weighted by Gasteiger charge is 2.51. The van der Waals surface area contributed by atoms with E-state index in [4.69, 9.17) is 4.74 Å². The Morgan fingerprint density at radius 1 is 1.11 bits per heavy atom. The van der Waals surface area contributed by atoms with Crippen LogP contribution in [0.4, 0.5) is 4.39 Å². The Morgan fingerprint density at radius 3 is 2.53 bits per heavy atom. The number of benzene rings is 2. The third-order valence-corrected chi connectivity index (χ3v) is 8.76. The summed E-state index contributed by atoms with van der Waals surface area (Å²) < 4.78 is 23.2. The number of aryl methyl sites for hydroxylation is 2.